The number of aromatic hydroxyl groups is 1. The Bertz CT molecular complexity index is 861. The highest BCUT2D eigenvalue weighted by molar-refractivity contribution is 6.33. The van der Waals surface area contributed by atoms with Crippen molar-refractivity contribution in [3.05, 3.63) is 70.0 Å². The molecule has 110 valence electrons. The first-order valence-corrected chi connectivity index (χ1v) is 6.71. The van der Waals surface area contributed by atoms with Gasteiger partial charge in [-0.15, -0.1) is 0 Å². The first-order chi connectivity index (χ1) is 10.5. The van der Waals surface area contributed by atoms with Gasteiger partial charge in [-0.2, -0.15) is 5.10 Å². The van der Waals surface area contributed by atoms with Crippen molar-refractivity contribution in [1.29, 1.82) is 0 Å². The quantitative estimate of drug-likeness (QED) is 0.588. The summed E-state index contributed by atoms with van der Waals surface area (Å²) in [7, 11) is 0. The molecule has 0 radical (unpaired) electrons. The number of non-ortho nitro benzene ring substituents is 1. The van der Waals surface area contributed by atoms with E-state index in [0.717, 1.165) is 5.56 Å². The largest absolute Gasteiger partial charge is 0.508 e. The van der Waals surface area contributed by atoms with Gasteiger partial charge in [-0.3, -0.25) is 10.1 Å². The van der Waals surface area contributed by atoms with Gasteiger partial charge in [-0.25, -0.2) is 4.68 Å². The maximum Gasteiger partial charge on any atom is 0.270 e. The van der Waals surface area contributed by atoms with E-state index in [0.29, 0.717) is 11.3 Å². The third-order valence-electron chi connectivity index (χ3n) is 3.15. The summed E-state index contributed by atoms with van der Waals surface area (Å²) in [4.78, 5) is 10.2. The van der Waals surface area contributed by atoms with Gasteiger partial charge < -0.3 is 5.11 Å². The van der Waals surface area contributed by atoms with Gasteiger partial charge in [-0.05, 0) is 18.2 Å². The number of halogens is 1. The number of nitrogens with zero attached hydrogens (tertiary/aromatic N) is 3. The van der Waals surface area contributed by atoms with E-state index in [1.807, 2.05) is 0 Å². The second-order valence-corrected chi connectivity index (χ2v) is 5.02. The van der Waals surface area contributed by atoms with Crippen molar-refractivity contribution in [2.45, 2.75) is 0 Å². The predicted octanol–water partition coefficient (Wildman–Crippen LogP) is 3.81. The highest BCUT2D eigenvalue weighted by Gasteiger charge is 2.12. The van der Waals surface area contributed by atoms with Gasteiger partial charge in [0.05, 0.1) is 21.8 Å². The molecule has 1 N–H and O–H groups in total. The van der Waals surface area contributed by atoms with Crippen molar-refractivity contribution in [1.82, 2.24) is 9.78 Å². The van der Waals surface area contributed by atoms with E-state index in [-0.39, 0.29) is 16.5 Å². The molecule has 22 heavy (non-hydrogen) atoms. The van der Waals surface area contributed by atoms with E-state index in [9.17, 15) is 15.2 Å². The molecule has 2 aromatic carbocycles. The molecule has 0 aliphatic heterocycles. The minimum absolute atomic E-state index is 0.0610. The van der Waals surface area contributed by atoms with E-state index in [1.54, 1.807) is 47.4 Å². The van der Waals surface area contributed by atoms with Crippen molar-refractivity contribution in [3.63, 3.8) is 0 Å². The average molecular weight is 316 g/mol. The molecule has 7 heteroatoms. The molecule has 0 aliphatic rings. The molecule has 0 amide bonds. The molecule has 0 aliphatic carbocycles. The number of hydrogen-bond acceptors (Lipinski definition) is 4. The van der Waals surface area contributed by atoms with Crippen molar-refractivity contribution < 1.29 is 10.0 Å². The van der Waals surface area contributed by atoms with Crippen LogP contribution >= 0.6 is 11.6 Å². The van der Waals surface area contributed by atoms with Crippen LogP contribution in [0.3, 0.4) is 0 Å². The lowest BCUT2D eigenvalue weighted by atomic mass is 10.1. The Balaban J connectivity index is 1.99. The molecule has 6 nitrogen and oxygen atoms in total. The molecule has 3 rings (SSSR count). The molecule has 0 bridgehead atoms. The van der Waals surface area contributed by atoms with E-state index in [1.165, 1.54) is 12.1 Å². The summed E-state index contributed by atoms with van der Waals surface area (Å²) in [6.07, 6.45) is 3.35. The Morgan fingerprint density at radius 3 is 2.73 bits per heavy atom. The third kappa shape index (κ3) is 2.64. The standard InChI is InChI=1S/C15H10ClN3O3/c16-15-7-12(19(21)22)4-5-14(15)10-8-17-18(9-10)11-2-1-3-13(20)6-11/h1-9,20H. The monoisotopic (exact) mass is 315 g/mol. The highest BCUT2D eigenvalue weighted by atomic mass is 35.5. The van der Waals surface area contributed by atoms with Gasteiger partial charge in [-0.1, -0.05) is 17.7 Å². The zero-order valence-electron chi connectivity index (χ0n) is 11.2. The molecular weight excluding hydrogens is 306 g/mol. The van der Waals surface area contributed by atoms with E-state index in [2.05, 4.69) is 5.10 Å². The summed E-state index contributed by atoms with van der Waals surface area (Å²) >= 11 is 6.11. The first kappa shape index (κ1) is 14.1. The van der Waals surface area contributed by atoms with Crippen LogP contribution in [-0.4, -0.2) is 19.8 Å². The predicted molar refractivity (Wildman–Crippen MR) is 82.3 cm³/mol. The van der Waals surface area contributed by atoms with Crippen LogP contribution in [0.15, 0.2) is 54.9 Å². The summed E-state index contributed by atoms with van der Waals surface area (Å²) in [5.41, 5.74) is 2.01. The van der Waals surface area contributed by atoms with E-state index < -0.39 is 4.92 Å². The van der Waals surface area contributed by atoms with Crippen molar-refractivity contribution >= 4 is 17.3 Å². The zero-order chi connectivity index (χ0) is 15.7. The molecule has 0 unspecified atom stereocenters. The Kier molecular flexibility index (Phi) is 3.52. The summed E-state index contributed by atoms with van der Waals surface area (Å²) in [6.45, 7) is 0. The Labute approximate surface area is 130 Å². The Morgan fingerprint density at radius 2 is 2.05 bits per heavy atom. The fraction of sp³-hybridized carbons (Fsp3) is 0. The summed E-state index contributed by atoms with van der Waals surface area (Å²) in [5.74, 6) is 0.142. The van der Waals surface area contributed by atoms with Crippen molar-refractivity contribution in [3.8, 4) is 22.6 Å². The van der Waals surface area contributed by atoms with Crippen LogP contribution in [0.1, 0.15) is 0 Å². The fourth-order valence-corrected chi connectivity index (χ4v) is 2.37. The molecule has 1 aromatic heterocycles. The van der Waals surface area contributed by atoms with Gasteiger partial charge in [0.2, 0.25) is 0 Å². The third-order valence-corrected chi connectivity index (χ3v) is 3.46. The molecule has 0 spiro atoms. The normalized spacial score (nSPS) is 10.6. The summed E-state index contributed by atoms with van der Waals surface area (Å²) < 4.78 is 1.59. The Hall–Kier alpha value is -2.86. The van der Waals surface area contributed by atoms with Crippen LogP contribution < -0.4 is 0 Å². The lowest BCUT2D eigenvalue weighted by Gasteiger charge is -2.02. The average Bonchev–Trinajstić information content (AvgIpc) is 2.96. The number of phenolic OH excluding ortho intramolecular Hbond substituents is 1. The minimum atomic E-state index is -0.494. The first-order valence-electron chi connectivity index (χ1n) is 6.33. The number of aromatic nitrogens is 2. The Morgan fingerprint density at radius 1 is 1.23 bits per heavy atom. The second kappa shape index (κ2) is 5.50. The maximum absolute atomic E-state index is 10.7. The SMILES string of the molecule is O=[N+]([O-])c1ccc(-c2cnn(-c3cccc(O)c3)c2)c(Cl)c1. The fourth-order valence-electron chi connectivity index (χ4n) is 2.09. The van der Waals surface area contributed by atoms with Crippen LogP contribution in [0, 0.1) is 10.1 Å². The summed E-state index contributed by atoms with van der Waals surface area (Å²) in [5, 5.41) is 24.7. The smallest absolute Gasteiger partial charge is 0.270 e. The molecule has 0 saturated heterocycles. The number of rotatable bonds is 3. The number of hydrogen-bond donors (Lipinski definition) is 1. The topological polar surface area (TPSA) is 81.2 Å². The molecule has 0 saturated carbocycles. The number of nitro benzene ring substituents is 1. The number of phenols is 1. The van der Waals surface area contributed by atoms with Crippen LogP contribution in [-0.2, 0) is 0 Å². The van der Waals surface area contributed by atoms with Crippen molar-refractivity contribution in [2.24, 2.45) is 0 Å². The van der Waals surface area contributed by atoms with Gasteiger partial charge in [0.15, 0.2) is 0 Å². The molecule has 1 heterocycles. The number of nitro groups is 1. The lowest BCUT2D eigenvalue weighted by molar-refractivity contribution is -0.384. The van der Waals surface area contributed by atoms with Crippen LogP contribution in [0.4, 0.5) is 5.69 Å². The molecule has 3 aromatic rings. The number of benzene rings is 2. The molecule has 0 atom stereocenters. The molecular formula is C15H10ClN3O3. The van der Waals surface area contributed by atoms with Gasteiger partial charge >= 0.3 is 0 Å². The minimum Gasteiger partial charge on any atom is -0.508 e. The van der Waals surface area contributed by atoms with Crippen LogP contribution in [0.2, 0.25) is 5.02 Å². The van der Waals surface area contributed by atoms with Gasteiger partial charge in [0.1, 0.15) is 5.75 Å². The van der Waals surface area contributed by atoms with Gasteiger partial charge in [0.25, 0.3) is 5.69 Å². The zero-order valence-corrected chi connectivity index (χ0v) is 11.9. The van der Waals surface area contributed by atoms with Crippen molar-refractivity contribution in [2.75, 3.05) is 0 Å². The lowest BCUT2D eigenvalue weighted by Crippen LogP contribution is -1.92. The van der Waals surface area contributed by atoms with Crippen LogP contribution in [0.25, 0.3) is 16.8 Å². The maximum atomic E-state index is 10.7. The van der Waals surface area contributed by atoms with Crippen LogP contribution in [0.5, 0.6) is 5.75 Å². The summed E-state index contributed by atoms with van der Waals surface area (Å²) in [6, 6.07) is 11.0. The highest BCUT2D eigenvalue weighted by Crippen LogP contribution is 2.31. The second-order valence-electron chi connectivity index (χ2n) is 4.61. The van der Waals surface area contributed by atoms with E-state index in [4.69, 9.17) is 11.6 Å². The molecule has 0 fully saturated rings. The van der Waals surface area contributed by atoms with Gasteiger partial charge in [0, 0.05) is 35.5 Å². The van der Waals surface area contributed by atoms with E-state index >= 15 is 0 Å².